The van der Waals surface area contributed by atoms with Crippen LogP contribution in [-0.2, 0) is 4.79 Å². The summed E-state index contributed by atoms with van der Waals surface area (Å²) < 4.78 is 0. The van der Waals surface area contributed by atoms with Crippen molar-refractivity contribution in [1.29, 1.82) is 0 Å². The van der Waals surface area contributed by atoms with Gasteiger partial charge in [-0.2, -0.15) is 5.10 Å². The molecular weight excluding hydrogens is 322 g/mol. The first kappa shape index (κ1) is 17.8. The van der Waals surface area contributed by atoms with Crippen LogP contribution in [0.3, 0.4) is 0 Å². The number of amides is 1. The number of benzene rings is 2. The molecule has 124 valence electrons. The predicted molar refractivity (Wildman–Crippen MR) is 101 cm³/mol. The van der Waals surface area contributed by atoms with Gasteiger partial charge in [0.2, 0.25) is 0 Å². The summed E-state index contributed by atoms with van der Waals surface area (Å²) in [6.45, 7) is 3.86. The molecule has 4 nitrogen and oxygen atoms in total. The number of carbonyl (C=O) groups excluding carboxylic acids is 1. The molecule has 0 spiro atoms. The fraction of sp³-hybridized carbons (Fsp3) is 0.158. The van der Waals surface area contributed by atoms with Crippen molar-refractivity contribution in [2.24, 2.45) is 5.10 Å². The fourth-order valence-electron chi connectivity index (χ4n) is 1.98. The molecule has 5 heteroatoms. The first-order valence-corrected chi connectivity index (χ1v) is 7.99. The van der Waals surface area contributed by atoms with Crippen LogP contribution in [-0.4, -0.2) is 18.2 Å². The van der Waals surface area contributed by atoms with E-state index in [4.69, 9.17) is 11.6 Å². The van der Waals surface area contributed by atoms with Gasteiger partial charge in [0.1, 0.15) is 0 Å². The van der Waals surface area contributed by atoms with Crippen LogP contribution in [0.4, 0.5) is 5.69 Å². The van der Waals surface area contributed by atoms with E-state index in [1.54, 1.807) is 0 Å². The predicted octanol–water partition coefficient (Wildman–Crippen LogP) is 4.27. The normalized spacial score (nSPS) is 11.5. The summed E-state index contributed by atoms with van der Waals surface area (Å²) in [4.78, 5) is 11.9. The Morgan fingerprint density at radius 1 is 1.17 bits per heavy atom. The molecule has 2 aromatic rings. The zero-order valence-electron chi connectivity index (χ0n) is 13.7. The van der Waals surface area contributed by atoms with E-state index in [1.165, 1.54) is 0 Å². The van der Waals surface area contributed by atoms with Gasteiger partial charge in [-0.3, -0.25) is 4.79 Å². The Kier molecular flexibility index (Phi) is 6.58. The highest BCUT2D eigenvalue weighted by molar-refractivity contribution is 6.31. The van der Waals surface area contributed by atoms with Gasteiger partial charge in [-0.15, -0.1) is 0 Å². The third kappa shape index (κ3) is 5.56. The minimum absolute atomic E-state index is 0.125. The minimum Gasteiger partial charge on any atom is -0.376 e. The summed E-state index contributed by atoms with van der Waals surface area (Å²) >= 11 is 6.05. The van der Waals surface area contributed by atoms with Crippen molar-refractivity contribution in [3.05, 3.63) is 70.8 Å². The van der Waals surface area contributed by atoms with Crippen molar-refractivity contribution in [2.45, 2.75) is 13.8 Å². The summed E-state index contributed by atoms with van der Waals surface area (Å²) in [5, 5.41) is 7.77. The molecule has 0 aromatic heterocycles. The third-order valence-corrected chi connectivity index (χ3v) is 3.79. The third-order valence-electron chi connectivity index (χ3n) is 3.38. The van der Waals surface area contributed by atoms with Gasteiger partial charge in [-0.1, -0.05) is 54.1 Å². The lowest BCUT2D eigenvalue weighted by atomic mass is 10.2. The molecule has 2 rings (SSSR count). The molecule has 0 aliphatic heterocycles. The smallest absolute Gasteiger partial charge is 0.259 e. The van der Waals surface area contributed by atoms with Crippen LogP contribution in [0, 0.1) is 6.92 Å². The van der Waals surface area contributed by atoms with Crippen molar-refractivity contribution in [1.82, 2.24) is 5.43 Å². The molecule has 0 atom stereocenters. The number of nitrogens with zero attached hydrogens (tertiary/aromatic N) is 1. The number of rotatable bonds is 6. The summed E-state index contributed by atoms with van der Waals surface area (Å²) in [6.07, 6.45) is 3.79. The molecule has 2 aromatic carbocycles. The van der Waals surface area contributed by atoms with E-state index in [0.717, 1.165) is 16.8 Å². The zero-order valence-corrected chi connectivity index (χ0v) is 14.5. The Labute approximate surface area is 147 Å². The zero-order chi connectivity index (χ0) is 17.4. The van der Waals surface area contributed by atoms with Crippen molar-refractivity contribution in [3.8, 4) is 0 Å². The lowest BCUT2D eigenvalue weighted by Crippen LogP contribution is -2.26. The Morgan fingerprint density at radius 2 is 1.92 bits per heavy atom. The van der Waals surface area contributed by atoms with E-state index in [2.05, 4.69) is 15.8 Å². The summed E-state index contributed by atoms with van der Waals surface area (Å²) in [5.41, 5.74) is 6.07. The number of halogens is 1. The average Bonchev–Trinajstić information content (AvgIpc) is 2.60. The molecule has 24 heavy (non-hydrogen) atoms. The number of carbonyl (C=O) groups is 1. The molecule has 0 bridgehead atoms. The van der Waals surface area contributed by atoms with Crippen LogP contribution < -0.4 is 10.7 Å². The molecule has 0 saturated heterocycles. The molecule has 0 aliphatic carbocycles. The number of hydrazone groups is 1. The first-order valence-electron chi connectivity index (χ1n) is 7.61. The van der Waals surface area contributed by atoms with Crippen molar-refractivity contribution >= 4 is 35.0 Å². The maximum absolute atomic E-state index is 11.9. The summed E-state index contributed by atoms with van der Waals surface area (Å²) in [6, 6.07) is 15.4. The van der Waals surface area contributed by atoms with E-state index in [9.17, 15) is 4.79 Å². The second-order valence-corrected chi connectivity index (χ2v) is 5.71. The standard InChI is InChI=1S/C19H20ClN3O/c1-14(11-12-16-7-4-3-5-8-16)22-23-19(24)13-21-18-10-6-9-17(20)15(18)2/h3-12,21H,13H2,1-2H3,(H,23,24)/b12-11-,22-14+. The van der Waals surface area contributed by atoms with Crippen LogP contribution in [0.25, 0.3) is 6.08 Å². The molecule has 1 amide bonds. The monoisotopic (exact) mass is 341 g/mol. The first-order chi connectivity index (χ1) is 11.6. The molecule has 0 aliphatic rings. The van der Waals surface area contributed by atoms with Crippen molar-refractivity contribution < 1.29 is 4.79 Å². The maximum atomic E-state index is 11.9. The van der Waals surface area contributed by atoms with Crippen LogP contribution in [0.1, 0.15) is 18.1 Å². The lowest BCUT2D eigenvalue weighted by Gasteiger charge is -2.09. The minimum atomic E-state index is -0.221. The highest BCUT2D eigenvalue weighted by Crippen LogP contribution is 2.22. The van der Waals surface area contributed by atoms with Gasteiger partial charge in [0.25, 0.3) is 5.91 Å². The van der Waals surface area contributed by atoms with Gasteiger partial charge in [0.15, 0.2) is 0 Å². The molecule has 0 fully saturated rings. The van der Waals surface area contributed by atoms with E-state index in [0.29, 0.717) is 10.7 Å². The number of anilines is 1. The summed E-state index contributed by atoms with van der Waals surface area (Å²) in [7, 11) is 0. The number of nitrogens with one attached hydrogen (secondary N) is 2. The van der Waals surface area contributed by atoms with Crippen LogP contribution in [0.5, 0.6) is 0 Å². The van der Waals surface area contributed by atoms with E-state index in [-0.39, 0.29) is 12.5 Å². The van der Waals surface area contributed by atoms with Crippen LogP contribution in [0.15, 0.2) is 59.7 Å². The van der Waals surface area contributed by atoms with Gasteiger partial charge in [0.05, 0.1) is 12.3 Å². The molecule has 0 heterocycles. The molecule has 0 saturated carbocycles. The van der Waals surface area contributed by atoms with Gasteiger partial charge in [-0.05, 0) is 43.2 Å². The SMILES string of the molecule is CC(/C=C\c1ccccc1)=N\NC(=O)CNc1cccc(Cl)c1C. The van der Waals surface area contributed by atoms with Gasteiger partial charge in [0, 0.05) is 10.7 Å². The Bertz CT molecular complexity index is 754. The van der Waals surface area contributed by atoms with Gasteiger partial charge < -0.3 is 5.32 Å². The molecular formula is C19H20ClN3O. The fourth-order valence-corrected chi connectivity index (χ4v) is 2.16. The quantitative estimate of drug-likeness (QED) is 0.609. The molecule has 0 unspecified atom stereocenters. The second kappa shape index (κ2) is 8.89. The van der Waals surface area contributed by atoms with E-state index < -0.39 is 0 Å². The molecule has 0 radical (unpaired) electrons. The number of hydrogen-bond donors (Lipinski definition) is 2. The average molecular weight is 342 g/mol. The van der Waals surface area contributed by atoms with Crippen molar-refractivity contribution in [3.63, 3.8) is 0 Å². The highest BCUT2D eigenvalue weighted by atomic mass is 35.5. The Hall–Kier alpha value is -2.59. The lowest BCUT2D eigenvalue weighted by molar-refractivity contribution is -0.119. The van der Waals surface area contributed by atoms with Gasteiger partial charge in [-0.25, -0.2) is 5.43 Å². The maximum Gasteiger partial charge on any atom is 0.259 e. The van der Waals surface area contributed by atoms with Crippen molar-refractivity contribution in [2.75, 3.05) is 11.9 Å². The largest absolute Gasteiger partial charge is 0.376 e. The van der Waals surface area contributed by atoms with Crippen LogP contribution >= 0.6 is 11.6 Å². The summed E-state index contributed by atoms with van der Waals surface area (Å²) in [5.74, 6) is -0.221. The number of hydrogen-bond acceptors (Lipinski definition) is 3. The second-order valence-electron chi connectivity index (χ2n) is 5.30. The van der Waals surface area contributed by atoms with E-state index >= 15 is 0 Å². The highest BCUT2D eigenvalue weighted by Gasteiger charge is 2.04. The topological polar surface area (TPSA) is 53.5 Å². The Morgan fingerprint density at radius 3 is 2.67 bits per heavy atom. The molecule has 2 N–H and O–H groups in total. The van der Waals surface area contributed by atoms with Crippen LogP contribution in [0.2, 0.25) is 5.02 Å². The van der Waals surface area contributed by atoms with E-state index in [1.807, 2.05) is 74.5 Å². The Balaban J connectivity index is 1.83. The van der Waals surface area contributed by atoms with Gasteiger partial charge >= 0.3 is 0 Å². The number of allylic oxidation sites excluding steroid dienone is 1.